The number of aromatic amines is 1. The van der Waals surface area contributed by atoms with E-state index in [0.717, 1.165) is 5.69 Å². The van der Waals surface area contributed by atoms with Gasteiger partial charge in [0.2, 0.25) is 0 Å². The molecule has 0 aliphatic heterocycles. The molecule has 1 aromatic heterocycles. The first-order chi connectivity index (χ1) is 4.61. The summed E-state index contributed by atoms with van der Waals surface area (Å²) in [7, 11) is 0. The number of hydrogen-bond donors (Lipinski definition) is 1. The van der Waals surface area contributed by atoms with Crippen LogP contribution in [-0.2, 0) is 0 Å². The van der Waals surface area contributed by atoms with E-state index in [1.807, 2.05) is 36.7 Å². The first-order valence-corrected chi connectivity index (χ1v) is 4.06. The third-order valence-corrected chi connectivity index (χ3v) is 2.04. The Hall–Kier alpha value is -0.260. The molecule has 0 spiro atoms. The van der Waals surface area contributed by atoms with Gasteiger partial charge in [0.25, 0.3) is 5.56 Å². The average molecular weight is 252 g/mol. The maximum atomic E-state index is 10.9. The molecule has 0 saturated heterocycles. The minimum atomic E-state index is 0.0179. The maximum Gasteiger partial charge on any atom is 0.275 e. The van der Waals surface area contributed by atoms with Crippen molar-refractivity contribution in [1.82, 2.24) is 7.99 Å². The summed E-state index contributed by atoms with van der Waals surface area (Å²) in [6.45, 7) is 4.09. The summed E-state index contributed by atoms with van der Waals surface area (Å²) < 4.78 is 1.45. The molecule has 0 unspecified atom stereocenters. The van der Waals surface area contributed by atoms with Crippen molar-refractivity contribution < 1.29 is 0 Å². The van der Waals surface area contributed by atoms with Crippen LogP contribution in [0.25, 0.3) is 0 Å². The molecule has 1 rings (SSSR count). The Bertz CT molecular complexity index is 274. The number of hydrogen-bond acceptors (Lipinski definition) is 1. The molecule has 0 saturated carbocycles. The number of rotatable bonds is 1. The van der Waals surface area contributed by atoms with Gasteiger partial charge in [-0.3, -0.25) is 9.89 Å². The normalized spacial score (nSPS) is 10.8. The van der Waals surface area contributed by atoms with Crippen molar-refractivity contribution in [3.8, 4) is 0 Å². The molecule has 0 radical (unpaired) electrons. The summed E-state index contributed by atoms with van der Waals surface area (Å²) in [6.07, 6.45) is 0. The predicted octanol–water partition coefficient (Wildman–Crippen LogP) is 1.50. The van der Waals surface area contributed by atoms with Gasteiger partial charge in [-0.2, -0.15) is 2.90 Å². The van der Waals surface area contributed by atoms with Gasteiger partial charge in [-0.05, 0) is 5.92 Å². The van der Waals surface area contributed by atoms with Crippen LogP contribution in [0.3, 0.4) is 0 Å². The minimum absolute atomic E-state index is 0.0179. The van der Waals surface area contributed by atoms with Crippen LogP contribution in [0.15, 0.2) is 10.9 Å². The molecule has 1 aromatic rings. The summed E-state index contributed by atoms with van der Waals surface area (Å²) in [5.41, 5.74) is 1.00. The van der Waals surface area contributed by atoms with Crippen LogP contribution in [0, 0.1) is 0 Å². The Morgan fingerprint density at radius 2 is 2.30 bits per heavy atom. The highest BCUT2D eigenvalue weighted by molar-refractivity contribution is 14.1. The highest BCUT2D eigenvalue weighted by atomic mass is 127. The van der Waals surface area contributed by atoms with Crippen molar-refractivity contribution in [3.63, 3.8) is 0 Å². The maximum absolute atomic E-state index is 10.9. The van der Waals surface area contributed by atoms with Gasteiger partial charge in [0.1, 0.15) is 0 Å². The Morgan fingerprint density at radius 3 is 2.50 bits per heavy atom. The number of nitrogens with zero attached hydrogens (tertiary/aromatic N) is 1. The van der Waals surface area contributed by atoms with Crippen LogP contribution >= 0.6 is 22.9 Å². The van der Waals surface area contributed by atoms with Gasteiger partial charge >= 0.3 is 0 Å². The largest absolute Gasteiger partial charge is 0.290 e. The minimum Gasteiger partial charge on any atom is -0.290 e. The van der Waals surface area contributed by atoms with E-state index < -0.39 is 0 Å². The summed E-state index contributed by atoms with van der Waals surface area (Å²) >= 11 is 1.93. The molecule has 1 N–H and O–H groups in total. The number of halogens is 1. The van der Waals surface area contributed by atoms with Gasteiger partial charge in [-0.1, -0.05) is 13.8 Å². The summed E-state index contributed by atoms with van der Waals surface area (Å²) in [4.78, 5) is 10.9. The quantitative estimate of drug-likeness (QED) is 0.755. The lowest BCUT2D eigenvalue weighted by Crippen LogP contribution is -2.03. The van der Waals surface area contributed by atoms with Crippen LogP contribution in [-0.4, -0.2) is 7.99 Å². The summed E-state index contributed by atoms with van der Waals surface area (Å²) in [5.74, 6) is 0.392. The Balaban J connectivity index is 3.10. The molecule has 3 nitrogen and oxygen atoms in total. The molecule has 10 heavy (non-hydrogen) atoms. The van der Waals surface area contributed by atoms with Crippen molar-refractivity contribution in [2.24, 2.45) is 0 Å². The molecule has 0 fully saturated rings. The number of H-pyrrole nitrogens is 1. The van der Waals surface area contributed by atoms with Crippen LogP contribution < -0.4 is 5.56 Å². The van der Waals surface area contributed by atoms with Crippen molar-refractivity contribution in [2.45, 2.75) is 19.8 Å². The van der Waals surface area contributed by atoms with E-state index >= 15 is 0 Å². The number of aromatic nitrogens is 2. The monoisotopic (exact) mass is 252 g/mol. The van der Waals surface area contributed by atoms with Crippen molar-refractivity contribution in [3.05, 3.63) is 22.1 Å². The van der Waals surface area contributed by atoms with E-state index in [2.05, 4.69) is 5.10 Å². The van der Waals surface area contributed by atoms with Crippen molar-refractivity contribution in [2.75, 3.05) is 0 Å². The van der Waals surface area contributed by atoms with E-state index in [1.54, 1.807) is 6.07 Å². The predicted molar refractivity (Wildman–Crippen MR) is 48.6 cm³/mol. The molecule has 1 heterocycles. The van der Waals surface area contributed by atoms with Gasteiger partial charge in [0.15, 0.2) is 0 Å². The average Bonchev–Trinajstić information content (AvgIpc) is 2.13. The van der Waals surface area contributed by atoms with E-state index in [9.17, 15) is 4.79 Å². The lowest BCUT2D eigenvalue weighted by Gasteiger charge is -1.96. The third kappa shape index (κ3) is 1.42. The van der Waals surface area contributed by atoms with E-state index in [1.165, 1.54) is 2.90 Å². The highest BCUT2D eigenvalue weighted by Gasteiger charge is 2.02. The standard InChI is InChI=1S/C6H9IN2O/c1-4(2)5-3-6(10)9(7)8-5/h3-4,8H,1-2H3. The zero-order valence-electron chi connectivity index (χ0n) is 5.89. The second kappa shape index (κ2) is 2.77. The Kier molecular flexibility index (Phi) is 2.18. The lowest BCUT2D eigenvalue weighted by molar-refractivity contribution is 0.804. The first kappa shape index (κ1) is 7.84. The Morgan fingerprint density at radius 1 is 1.70 bits per heavy atom. The van der Waals surface area contributed by atoms with Crippen molar-refractivity contribution >= 4 is 22.9 Å². The van der Waals surface area contributed by atoms with Gasteiger partial charge < -0.3 is 0 Å². The topological polar surface area (TPSA) is 37.8 Å². The van der Waals surface area contributed by atoms with E-state index in [0.29, 0.717) is 5.92 Å². The van der Waals surface area contributed by atoms with Crippen LogP contribution in [0.5, 0.6) is 0 Å². The lowest BCUT2D eigenvalue weighted by atomic mass is 10.1. The van der Waals surface area contributed by atoms with E-state index in [-0.39, 0.29) is 5.56 Å². The Labute approximate surface area is 72.9 Å². The van der Waals surface area contributed by atoms with E-state index in [4.69, 9.17) is 0 Å². The molecule has 4 heteroatoms. The fraction of sp³-hybridized carbons (Fsp3) is 0.500. The van der Waals surface area contributed by atoms with Gasteiger partial charge in [0, 0.05) is 11.8 Å². The molecule has 0 atom stereocenters. The van der Waals surface area contributed by atoms with Crippen molar-refractivity contribution in [1.29, 1.82) is 0 Å². The summed E-state index contributed by atoms with van der Waals surface area (Å²) in [6, 6.07) is 1.62. The second-order valence-corrected chi connectivity index (χ2v) is 3.45. The van der Waals surface area contributed by atoms with Gasteiger partial charge in [-0.25, -0.2) is 0 Å². The second-order valence-electron chi connectivity index (χ2n) is 2.49. The fourth-order valence-corrected chi connectivity index (χ4v) is 1.10. The molecular weight excluding hydrogens is 243 g/mol. The molecule has 0 bridgehead atoms. The third-order valence-electron chi connectivity index (χ3n) is 1.32. The zero-order valence-corrected chi connectivity index (χ0v) is 8.05. The molecule has 0 amide bonds. The smallest absolute Gasteiger partial charge is 0.275 e. The molecular formula is C6H9IN2O. The van der Waals surface area contributed by atoms with Gasteiger partial charge in [0.05, 0.1) is 22.9 Å². The number of nitrogens with one attached hydrogen (secondary N) is 1. The highest BCUT2D eigenvalue weighted by Crippen LogP contribution is 2.08. The van der Waals surface area contributed by atoms with Crippen LogP contribution in [0.1, 0.15) is 25.5 Å². The fourth-order valence-electron chi connectivity index (χ4n) is 0.686. The first-order valence-electron chi connectivity index (χ1n) is 3.09. The van der Waals surface area contributed by atoms with Crippen LogP contribution in [0.4, 0.5) is 0 Å². The SMILES string of the molecule is CC(C)c1cc(=O)n(I)[nH]1. The van der Waals surface area contributed by atoms with Gasteiger partial charge in [-0.15, -0.1) is 0 Å². The molecule has 56 valence electrons. The molecule has 0 aliphatic carbocycles. The summed E-state index contributed by atoms with van der Waals surface area (Å²) in [5, 5.41) is 2.93. The van der Waals surface area contributed by atoms with Crippen LogP contribution in [0.2, 0.25) is 0 Å². The molecule has 0 aliphatic rings. The molecule has 0 aromatic carbocycles. The zero-order chi connectivity index (χ0) is 7.72.